The van der Waals surface area contributed by atoms with Crippen LogP contribution in [0, 0.1) is 0 Å². The van der Waals surface area contributed by atoms with Gasteiger partial charge in [0.1, 0.15) is 0 Å². The zero-order valence-corrected chi connectivity index (χ0v) is 10.2. The molecule has 0 spiro atoms. The van der Waals surface area contributed by atoms with E-state index in [1.165, 1.54) is 0 Å². The molecule has 0 saturated heterocycles. The van der Waals surface area contributed by atoms with Gasteiger partial charge in [0.2, 0.25) is 0 Å². The summed E-state index contributed by atoms with van der Waals surface area (Å²) in [5.41, 5.74) is 0. The Morgan fingerprint density at radius 1 is 1.15 bits per heavy atom. The summed E-state index contributed by atoms with van der Waals surface area (Å²) < 4.78 is 5.58. The van der Waals surface area contributed by atoms with Crippen molar-refractivity contribution in [2.45, 2.75) is 39.9 Å². The second-order valence-corrected chi connectivity index (χ2v) is 5.31. The van der Waals surface area contributed by atoms with Gasteiger partial charge in [0.15, 0.2) is 0 Å². The summed E-state index contributed by atoms with van der Waals surface area (Å²) in [7, 11) is -0.0793. The van der Waals surface area contributed by atoms with E-state index in [0.29, 0.717) is 6.10 Å². The molecule has 0 saturated carbocycles. The third kappa shape index (κ3) is 8.21. The third-order valence-electron chi connectivity index (χ3n) is 1.46. The summed E-state index contributed by atoms with van der Waals surface area (Å²) in [4.78, 5) is 0. The molecule has 0 rings (SSSR count). The van der Waals surface area contributed by atoms with Crippen molar-refractivity contribution in [1.29, 1.82) is 0 Å². The van der Waals surface area contributed by atoms with Crippen LogP contribution in [0.4, 0.5) is 0 Å². The Kier molecular flexibility index (Phi) is 7.22. The van der Waals surface area contributed by atoms with Crippen molar-refractivity contribution < 1.29 is 4.74 Å². The van der Waals surface area contributed by atoms with Gasteiger partial charge >= 0.3 is 0 Å². The van der Waals surface area contributed by atoms with E-state index in [4.69, 9.17) is 4.74 Å². The SMILES string of the molecule is C/C=C/P(C)/C=C\C(C)OC(C)C. The van der Waals surface area contributed by atoms with Gasteiger partial charge in [0.05, 0.1) is 12.2 Å². The van der Waals surface area contributed by atoms with Crippen molar-refractivity contribution in [3.63, 3.8) is 0 Å². The summed E-state index contributed by atoms with van der Waals surface area (Å²) in [6, 6.07) is 0. The lowest BCUT2D eigenvalue weighted by molar-refractivity contribution is 0.0462. The lowest BCUT2D eigenvalue weighted by atomic mass is 10.4. The number of allylic oxidation sites excluding steroid dienone is 1. The van der Waals surface area contributed by atoms with Crippen LogP contribution in [0.15, 0.2) is 23.8 Å². The topological polar surface area (TPSA) is 9.23 Å². The highest BCUT2D eigenvalue weighted by molar-refractivity contribution is 7.63. The molecule has 13 heavy (non-hydrogen) atoms. The van der Waals surface area contributed by atoms with Crippen molar-refractivity contribution in [3.05, 3.63) is 23.8 Å². The average Bonchev–Trinajstić information content (AvgIpc) is 2.00. The first-order chi connectivity index (χ1) is 6.06. The highest BCUT2D eigenvalue weighted by atomic mass is 31.1. The van der Waals surface area contributed by atoms with Crippen LogP contribution in [0.5, 0.6) is 0 Å². The molecular formula is C11H21OP. The van der Waals surface area contributed by atoms with E-state index in [1.54, 1.807) is 0 Å². The molecule has 2 unspecified atom stereocenters. The van der Waals surface area contributed by atoms with E-state index in [-0.39, 0.29) is 14.0 Å². The van der Waals surface area contributed by atoms with Crippen molar-refractivity contribution in [3.8, 4) is 0 Å². The van der Waals surface area contributed by atoms with Crippen molar-refractivity contribution in [2.24, 2.45) is 0 Å². The number of hydrogen-bond acceptors (Lipinski definition) is 1. The Labute approximate surface area is 83.6 Å². The first-order valence-corrected chi connectivity index (χ1v) is 6.67. The van der Waals surface area contributed by atoms with Gasteiger partial charge in [-0.15, -0.1) is 0 Å². The Bertz CT molecular complexity index is 173. The maximum Gasteiger partial charge on any atom is 0.0734 e. The molecule has 0 amide bonds. The summed E-state index contributed by atoms with van der Waals surface area (Å²) in [5, 5.41) is 0. The first-order valence-electron chi connectivity index (χ1n) is 4.74. The van der Waals surface area contributed by atoms with E-state index in [2.05, 4.69) is 58.1 Å². The molecule has 2 heteroatoms. The second-order valence-electron chi connectivity index (χ2n) is 3.38. The molecule has 0 aromatic heterocycles. The minimum atomic E-state index is -0.0793. The average molecular weight is 200 g/mol. The quantitative estimate of drug-likeness (QED) is 0.610. The predicted molar refractivity (Wildman–Crippen MR) is 62.5 cm³/mol. The van der Waals surface area contributed by atoms with Crippen molar-refractivity contribution >= 4 is 7.92 Å². The van der Waals surface area contributed by atoms with Gasteiger partial charge in [-0.05, 0) is 34.4 Å². The highest BCUT2D eigenvalue weighted by Crippen LogP contribution is 2.33. The molecule has 0 aromatic carbocycles. The molecule has 0 aliphatic rings. The van der Waals surface area contributed by atoms with Gasteiger partial charge < -0.3 is 4.74 Å². The molecule has 0 radical (unpaired) electrons. The van der Waals surface area contributed by atoms with Gasteiger partial charge in [0.25, 0.3) is 0 Å². The Hall–Kier alpha value is -0.130. The van der Waals surface area contributed by atoms with Crippen LogP contribution in [0.25, 0.3) is 0 Å². The van der Waals surface area contributed by atoms with Gasteiger partial charge in [-0.1, -0.05) is 31.7 Å². The van der Waals surface area contributed by atoms with E-state index in [9.17, 15) is 0 Å². The Morgan fingerprint density at radius 2 is 1.77 bits per heavy atom. The summed E-state index contributed by atoms with van der Waals surface area (Å²) in [6.45, 7) is 10.5. The van der Waals surface area contributed by atoms with E-state index in [0.717, 1.165) is 0 Å². The fourth-order valence-electron chi connectivity index (χ4n) is 1.02. The molecule has 0 aromatic rings. The zero-order valence-electron chi connectivity index (χ0n) is 9.32. The minimum absolute atomic E-state index is 0.0793. The molecule has 0 fully saturated rings. The van der Waals surface area contributed by atoms with Crippen LogP contribution >= 0.6 is 7.92 Å². The van der Waals surface area contributed by atoms with E-state index < -0.39 is 0 Å². The molecule has 76 valence electrons. The fraction of sp³-hybridized carbons (Fsp3) is 0.636. The molecule has 0 heterocycles. The van der Waals surface area contributed by atoms with E-state index >= 15 is 0 Å². The van der Waals surface area contributed by atoms with Crippen molar-refractivity contribution in [2.75, 3.05) is 6.66 Å². The maximum atomic E-state index is 5.58. The van der Waals surface area contributed by atoms with Gasteiger partial charge in [0, 0.05) is 0 Å². The third-order valence-corrected chi connectivity index (χ3v) is 2.87. The number of ether oxygens (including phenoxy) is 1. The van der Waals surface area contributed by atoms with Crippen LogP contribution in [-0.4, -0.2) is 18.9 Å². The first kappa shape index (κ1) is 12.9. The molecule has 0 bridgehead atoms. The number of hydrogen-bond donors (Lipinski definition) is 0. The van der Waals surface area contributed by atoms with Crippen LogP contribution in [0.2, 0.25) is 0 Å². The van der Waals surface area contributed by atoms with Crippen LogP contribution < -0.4 is 0 Å². The van der Waals surface area contributed by atoms with Gasteiger partial charge in [-0.25, -0.2) is 0 Å². The second kappa shape index (κ2) is 7.29. The predicted octanol–water partition coefficient (Wildman–Crippen LogP) is 3.96. The van der Waals surface area contributed by atoms with Gasteiger partial charge in [-0.3, -0.25) is 0 Å². The standard InChI is InChI=1S/C11H21OP/c1-6-8-13(5)9-7-11(4)12-10(2)3/h6-11H,1-5H3/b8-6+,9-7-. The molecule has 2 atom stereocenters. The summed E-state index contributed by atoms with van der Waals surface area (Å²) >= 11 is 0. The molecular weight excluding hydrogens is 179 g/mol. The van der Waals surface area contributed by atoms with Crippen LogP contribution in [0.1, 0.15) is 27.7 Å². The Morgan fingerprint density at radius 3 is 2.23 bits per heavy atom. The normalized spacial score (nSPS) is 17.4. The maximum absolute atomic E-state index is 5.58. The molecule has 1 nitrogen and oxygen atoms in total. The van der Waals surface area contributed by atoms with Crippen molar-refractivity contribution in [1.82, 2.24) is 0 Å². The van der Waals surface area contributed by atoms with E-state index in [1.807, 2.05) is 0 Å². The largest absolute Gasteiger partial charge is 0.372 e. The Balaban J connectivity index is 3.82. The minimum Gasteiger partial charge on any atom is -0.372 e. The monoisotopic (exact) mass is 200 g/mol. The summed E-state index contributed by atoms with van der Waals surface area (Å²) in [5.74, 6) is 4.47. The summed E-state index contributed by atoms with van der Waals surface area (Å²) in [6.07, 6.45) is 4.79. The van der Waals surface area contributed by atoms with Crippen LogP contribution in [-0.2, 0) is 4.74 Å². The molecule has 0 aliphatic carbocycles. The van der Waals surface area contributed by atoms with Gasteiger partial charge in [-0.2, -0.15) is 0 Å². The zero-order chi connectivity index (χ0) is 10.3. The highest BCUT2D eigenvalue weighted by Gasteiger charge is 1.99. The smallest absolute Gasteiger partial charge is 0.0734 e. The lowest BCUT2D eigenvalue weighted by Gasteiger charge is -2.12. The molecule has 0 N–H and O–H groups in total. The van der Waals surface area contributed by atoms with Crippen LogP contribution in [0.3, 0.4) is 0 Å². The lowest BCUT2D eigenvalue weighted by Crippen LogP contribution is -2.11. The fourth-order valence-corrected chi connectivity index (χ4v) is 2.10. The number of rotatable bonds is 5. The molecule has 0 aliphatic heterocycles.